The molecule has 1 fully saturated rings. The summed E-state index contributed by atoms with van der Waals surface area (Å²) < 4.78 is 38.3. The van der Waals surface area contributed by atoms with Crippen LogP contribution in [-0.4, -0.2) is 53.3 Å². The van der Waals surface area contributed by atoms with Crippen molar-refractivity contribution < 1.29 is 22.8 Å². The van der Waals surface area contributed by atoms with Gasteiger partial charge in [-0.3, -0.25) is 15.0 Å². The molecule has 11 heteroatoms. The third kappa shape index (κ3) is 3.74. The molecule has 2 bridgehead atoms. The van der Waals surface area contributed by atoms with Crippen LogP contribution < -0.4 is 20.4 Å². The first-order chi connectivity index (χ1) is 14.2. The normalized spacial score (nSPS) is 18.6. The molecule has 1 saturated heterocycles. The van der Waals surface area contributed by atoms with Crippen LogP contribution in [0.2, 0.25) is 0 Å². The van der Waals surface area contributed by atoms with Gasteiger partial charge in [0.1, 0.15) is 17.6 Å². The minimum absolute atomic E-state index is 0.166. The van der Waals surface area contributed by atoms with E-state index < -0.39 is 24.2 Å². The van der Waals surface area contributed by atoms with Gasteiger partial charge in [-0.2, -0.15) is 13.2 Å². The lowest BCUT2D eigenvalue weighted by atomic mass is 10.1. The smallest absolute Gasteiger partial charge is 0.366 e. The molecular formula is C19H19F3N6O2. The number of fused-ring (bicyclic) bond motifs is 4. The van der Waals surface area contributed by atoms with Crippen LogP contribution in [0.5, 0.6) is 0 Å². The van der Waals surface area contributed by atoms with Gasteiger partial charge in [0.2, 0.25) is 0 Å². The van der Waals surface area contributed by atoms with Crippen molar-refractivity contribution >= 4 is 29.3 Å². The van der Waals surface area contributed by atoms with Crippen molar-refractivity contribution in [1.82, 2.24) is 15.3 Å². The summed E-state index contributed by atoms with van der Waals surface area (Å²) in [5.41, 5.74) is 0.461. The molecule has 4 heterocycles. The average Bonchev–Trinajstić information content (AvgIpc) is 3.12. The molecule has 2 aliphatic rings. The fourth-order valence-corrected chi connectivity index (χ4v) is 3.56. The average molecular weight is 420 g/mol. The van der Waals surface area contributed by atoms with Crippen molar-refractivity contribution in [2.24, 2.45) is 0 Å². The Morgan fingerprint density at radius 3 is 2.73 bits per heavy atom. The Morgan fingerprint density at radius 1 is 1.23 bits per heavy atom. The van der Waals surface area contributed by atoms with Gasteiger partial charge in [-0.25, -0.2) is 14.8 Å². The summed E-state index contributed by atoms with van der Waals surface area (Å²) >= 11 is 0. The first-order valence-electron chi connectivity index (χ1n) is 9.39. The summed E-state index contributed by atoms with van der Waals surface area (Å²) in [7, 11) is 0. The van der Waals surface area contributed by atoms with E-state index in [0.717, 1.165) is 6.92 Å². The van der Waals surface area contributed by atoms with E-state index in [4.69, 9.17) is 0 Å². The Hall–Kier alpha value is -3.37. The first kappa shape index (κ1) is 19.9. The number of anilines is 3. The molecule has 2 aromatic heterocycles. The molecule has 158 valence electrons. The Bertz CT molecular complexity index is 968. The number of pyridine rings is 2. The lowest BCUT2D eigenvalue weighted by Crippen LogP contribution is -2.49. The lowest BCUT2D eigenvalue weighted by Gasteiger charge is -2.35. The minimum atomic E-state index is -4.57. The molecule has 1 unspecified atom stereocenters. The molecule has 0 spiro atoms. The van der Waals surface area contributed by atoms with Gasteiger partial charge in [-0.1, -0.05) is 6.07 Å². The predicted molar refractivity (Wildman–Crippen MR) is 104 cm³/mol. The number of nitrogens with one attached hydrogen (secondary N) is 2. The van der Waals surface area contributed by atoms with E-state index in [1.165, 1.54) is 11.0 Å². The summed E-state index contributed by atoms with van der Waals surface area (Å²) in [4.78, 5) is 37.1. The summed E-state index contributed by atoms with van der Waals surface area (Å²) in [6.45, 7) is 2.18. The third-order valence-electron chi connectivity index (χ3n) is 5.14. The lowest BCUT2D eigenvalue weighted by molar-refractivity contribution is -0.149. The number of nitrogens with zero attached hydrogens (tertiary/aromatic N) is 4. The van der Waals surface area contributed by atoms with Gasteiger partial charge < -0.3 is 10.2 Å². The maximum Gasteiger partial charge on any atom is 0.408 e. The van der Waals surface area contributed by atoms with E-state index in [2.05, 4.69) is 15.3 Å². The van der Waals surface area contributed by atoms with E-state index in [9.17, 15) is 22.8 Å². The van der Waals surface area contributed by atoms with Crippen molar-refractivity contribution in [2.75, 3.05) is 28.2 Å². The highest BCUT2D eigenvalue weighted by atomic mass is 19.4. The van der Waals surface area contributed by atoms with Gasteiger partial charge in [0.25, 0.3) is 5.91 Å². The second kappa shape index (κ2) is 7.47. The van der Waals surface area contributed by atoms with Gasteiger partial charge in [0.05, 0.1) is 11.7 Å². The Labute approximate surface area is 170 Å². The third-order valence-corrected chi connectivity index (χ3v) is 5.14. The molecule has 0 aliphatic carbocycles. The highest BCUT2D eigenvalue weighted by Crippen LogP contribution is 2.39. The summed E-state index contributed by atoms with van der Waals surface area (Å²) in [6.07, 6.45) is -2.32. The molecule has 4 rings (SSSR count). The van der Waals surface area contributed by atoms with Crippen LogP contribution in [0.3, 0.4) is 0 Å². The fourth-order valence-electron chi connectivity index (χ4n) is 3.56. The number of alkyl halides is 3. The molecule has 2 atom stereocenters. The number of amides is 3. The summed E-state index contributed by atoms with van der Waals surface area (Å²) in [5, 5.41) is 4.60. The zero-order valence-electron chi connectivity index (χ0n) is 16.0. The van der Waals surface area contributed by atoms with Gasteiger partial charge in [-0.05, 0) is 37.6 Å². The molecular weight excluding hydrogens is 401 g/mol. The maximum absolute atomic E-state index is 13.0. The summed E-state index contributed by atoms with van der Waals surface area (Å²) in [6, 6.07) is 5.41. The van der Waals surface area contributed by atoms with Crippen LogP contribution in [0.1, 0.15) is 23.8 Å². The van der Waals surface area contributed by atoms with Gasteiger partial charge in [-0.15, -0.1) is 0 Å². The van der Waals surface area contributed by atoms with Crippen LogP contribution in [0.15, 0.2) is 36.5 Å². The Morgan fingerprint density at radius 2 is 2.03 bits per heavy atom. The number of urea groups is 1. The minimum Gasteiger partial charge on any atom is -0.366 e. The molecule has 2 aliphatic heterocycles. The topological polar surface area (TPSA) is 90.5 Å². The standard InChI is InChI=1S/C19H19F3N6O2/c1-11(19(20,21)22)24-17(29)13-5-6-14-16(25-13)28(12-7-9-27(14)10-12)18(30)26-15-4-2-3-8-23-15/h2-6,8,11-12H,7,9-10H2,1H3,(H,24,29)(H,23,26,30)/t11?,12-/m0/s1. The molecule has 0 saturated carbocycles. The number of halogens is 3. The molecule has 2 N–H and O–H groups in total. The van der Waals surface area contributed by atoms with E-state index >= 15 is 0 Å². The number of hydrogen-bond donors (Lipinski definition) is 2. The van der Waals surface area contributed by atoms with Crippen molar-refractivity contribution in [3.63, 3.8) is 0 Å². The monoisotopic (exact) mass is 420 g/mol. The Kier molecular flexibility index (Phi) is 4.96. The number of carbonyl (C=O) groups excluding carboxylic acids is 2. The highest BCUT2D eigenvalue weighted by molar-refractivity contribution is 6.05. The molecule has 3 amide bonds. The quantitative estimate of drug-likeness (QED) is 0.797. The van der Waals surface area contributed by atoms with Gasteiger partial charge in [0, 0.05) is 19.3 Å². The van der Waals surface area contributed by atoms with Crippen LogP contribution >= 0.6 is 0 Å². The van der Waals surface area contributed by atoms with E-state index in [1.54, 1.807) is 30.5 Å². The van der Waals surface area contributed by atoms with E-state index in [1.807, 2.05) is 10.2 Å². The van der Waals surface area contributed by atoms with Crippen molar-refractivity contribution in [1.29, 1.82) is 0 Å². The van der Waals surface area contributed by atoms with Gasteiger partial charge in [0.15, 0.2) is 5.82 Å². The molecule has 0 aromatic carbocycles. The zero-order valence-corrected chi connectivity index (χ0v) is 16.0. The maximum atomic E-state index is 13.0. The number of hydrogen-bond acceptors (Lipinski definition) is 5. The molecule has 2 aromatic rings. The van der Waals surface area contributed by atoms with Gasteiger partial charge >= 0.3 is 12.2 Å². The van der Waals surface area contributed by atoms with E-state index in [0.29, 0.717) is 31.0 Å². The SMILES string of the molecule is CC(NC(=O)c1ccc2c(n1)N(C(=O)Nc1ccccn1)[C@H]1CCN2C1)C(F)(F)F. The molecule has 8 nitrogen and oxygen atoms in total. The largest absolute Gasteiger partial charge is 0.408 e. The van der Waals surface area contributed by atoms with Crippen molar-refractivity contribution in [3.05, 3.63) is 42.2 Å². The van der Waals surface area contributed by atoms with Crippen LogP contribution in [0.25, 0.3) is 0 Å². The number of aromatic nitrogens is 2. The second-order valence-corrected chi connectivity index (χ2v) is 7.18. The van der Waals surface area contributed by atoms with Crippen LogP contribution in [-0.2, 0) is 0 Å². The summed E-state index contributed by atoms with van der Waals surface area (Å²) in [5.74, 6) is -0.359. The van der Waals surface area contributed by atoms with Crippen molar-refractivity contribution in [3.8, 4) is 0 Å². The number of carbonyl (C=O) groups is 2. The zero-order chi connectivity index (χ0) is 21.5. The Balaban J connectivity index is 1.63. The van der Waals surface area contributed by atoms with Crippen LogP contribution in [0, 0.1) is 0 Å². The van der Waals surface area contributed by atoms with Crippen molar-refractivity contribution in [2.45, 2.75) is 31.6 Å². The van der Waals surface area contributed by atoms with Crippen LogP contribution in [0.4, 0.5) is 35.3 Å². The fraction of sp³-hybridized carbons (Fsp3) is 0.368. The highest BCUT2D eigenvalue weighted by Gasteiger charge is 2.41. The second-order valence-electron chi connectivity index (χ2n) is 7.18. The first-order valence-corrected chi connectivity index (χ1v) is 9.39. The molecule has 0 radical (unpaired) electrons. The molecule has 30 heavy (non-hydrogen) atoms. The predicted octanol–water partition coefficient (Wildman–Crippen LogP) is 2.79. The number of rotatable bonds is 3. The van der Waals surface area contributed by atoms with E-state index in [-0.39, 0.29) is 17.6 Å².